The summed E-state index contributed by atoms with van der Waals surface area (Å²) in [5, 5.41) is 1.19. The summed E-state index contributed by atoms with van der Waals surface area (Å²) in [7, 11) is 1.59. The summed E-state index contributed by atoms with van der Waals surface area (Å²) in [6, 6.07) is 14.4. The SMILES string of the molecule is COc1cc(CN2CCC[C@H]2c2nc3ccccc3s2)ccc1OCC(N)=O. The largest absolute Gasteiger partial charge is 0.493 e. The normalized spacial score (nSPS) is 17.1. The third kappa shape index (κ3) is 3.95. The second kappa shape index (κ2) is 8.16. The van der Waals surface area contributed by atoms with Crippen molar-refractivity contribution in [3.63, 3.8) is 0 Å². The molecule has 0 aliphatic carbocycles. The molecule has 28 heavy (non-hydrogen) atoms. The van der Waals surface area contributed by atoms with E-state index in [2.05, 4.69) is 23.1 Å². The third-order valence-electron chi connectivity index (χ3n) is 4.94. The zero-order valence-electron chi connectivity index (χ0n) is 15.8. The lowest BCUT2D eigenvalue weighted by atomic mass is 10.1. The number of nitrogens with zero attached hydrogens (tertiary/aromatic N) is 2. The summed E-state index contributed by atoms with van der Waals surface area (Å²) >= 11 is 1.79. The van der Waals surface area contributed by atoms with Crippen molar-refractivity contribution in [2.24, 2.45) is 5.73 Å². The predicted molar refractivity (Wildman–Crippen MR) is 110 cm³/mol. The molecule has 1 aliphatic heterocycles. The Labute approximate surface area is 167 Å². The van der Waals surface area contributed by atoms with Crippen molar-refractivity contribution < 1.29 is 14.3 Å². The maximum absolute atomic E-state index is 10.9. The van der Waals surface area contributed by atoms with Crippen LogP contribution < -0.4 is 15.2 Å². The number of benzene rings is 2. The van der Waals surface area contributed by atoms with Crippen LogP contribution in [0.3, 0.4) is 0 Å². The molecule has 0 radical (unpaired) electrons. The molecule has 1 aliphatic rings. The van der Waals surface area contributed by atoms with E-state index in [0.29, 0.717) is 17.5 Å². The van der Waals surface area contributed by atoms with Crippen LogP contribution in [0, 0.1) is 0 Å². The topological polar surface area (TPSA) is 77.7 Å². The number of hydrogen-bond donors (Lipinski definition) is 1. The van der Waals surface area contributed by atoms with Crippen molar-refractivity contribution in [1.82, 2.24) is 9.88 Å². The van der Waals surface area contributed by atoms with Crippen LogP contribution in [0.1, 0.15) is 29.5 Å². The van der Waals surface area contributed by atoms with Crippen LogP contribution in [0.15, 0.2) is 42.5 Å². The Balaban J connectivity index is 1.51. The fourth-order valence-electron chi connectivity index (χ4n) is 3.64. The monoisotopic (exact) mass is 397 g/mol. The maximum atomic E-state index is 10.9. The van der Waals surface area contributed by atoms with Gasteiger partial charge in [-0.15, -0.1) is 11.3 Å². The first kappa shape index (κ1) is 18.7. The Morgan fingerprint density at radius 3 is 2.93 bits per heavy atom. The second-order valence-electron chi connectivity index (χ2n) is 6.89. The molecule has 1 fully saturated rings. The predicted octanol–water partition coefficient (Wildman–Crippen LogP) is 3.51. The first-order chi connectivity index (χ1) is 13.6. The average molecular weight is 398 g/mol. The number of fused-ring (bicyclic) bond motifs is 1. The van der Waals surface area contributed by atoms with Gasteiger partial charge in [-0.05, 0) is 49.2 Å². The lowest BCUT2D eigenvalue weighted by molar-refractivity contribution is -0.119. The van der Waals surface area contributed by atoms with E-state index >= 15 is 0 Å². The van der Waals surface area contributed by atoms with E-state index in [1.165, 1.54) is 9.71 Å². The fourth-order valence-corrected chi connectivity index (χ4v) is 4.78. The lowest BCUT2D eigenvalue weighted by Gasteiger charge is -2.23. The number of nitrogens with two attached hydrogens (primary N) is 1. The molecule has 146 valence electrons. The zero-order valence-corrected chi connectivity index (χ0v) is 16.6. The van der Waals surface area contributed by atoms with Gasteiger partial charge in [-0.1, -0.05) is 18.2 Å². The van der Waals surface area contributed by atoms with Gasteiger partial charge in [0.25, 0.3) is 5.91 Å². The number of rotatable bonds is 7. The molecule has 1 aromatic heterocycles. The third-order valence-corrected chi connectivity index (χ3v) is 6.08. The van der Waals surface area contributed by atoms with E-state index < -0.39 is 5.91 Å². The zero-order chi connectivity index (χ0) is 19.5. The van der Waals surface area contributed by atoms with Gasteiger partial charge in [0.05, 0.1) is 23.4 Å². The van der Waals surface area contributed by atoms with Crippen molar-refractivity contribution in [2.45, 2.75) is 25.4 Å². The standard InChI is InChI=1S/C21H23N3O3S/c1-26-18-11-14(8-9-17(18)27-13-20(22)25)12-24-10-4-6-16(24)21-23-15-5-2-3-7-19(15)28-21/h2-3,5,7-9,11,16H,4,6,10,12-13H2,1H3,(H2,22,25)/t16-/m0/s1. The quantitative estimate of drug-likeness (QED) is 0.660. The van der Waals surface area contributed by atoms with Gasteiger partial charge in [0.15, 0.2) is 18.1 Å². The lowest BCUT2D eigenvalue weighted by Crippen LogP contribution is -2.23. The Morgan fingerprint density at radius 1 is 1.29 bits per heavy atom. The Bertz CT molecular complexity index is 955. The van der Waals surface area contributed by atoms with Crippen molar-refractivity contribution >= 4 is 27.5 Å². The van der Waals surface area contributed by atoms with Crippen LogP contribution in [0.4, 0.5) is 0 Å². The number of likely N-dealkylation sites (tertiary alicyclic amines) is 1. The first-order valence-corrected chi connectivity index (χ1v) is 10.1. The van der Waals surface area contributed by atoms with Crippen LogP contribution >= 0.6 is 11.3 Å². The van der Waals surface area contributed by atoms with Gasteiger partial charge in [-0.25, -0.2) is 4.98 Å². The molecule has 2 heterocycles. The molecule has 0 spiro atoms. The molecule has 4 rings (SSSR count). The number of aromatic nitrogens is 1. The van der Waals surface area contributed by atoms with Gasteiger partial charge < -0.3 is 15.2 Å². The van der Waals surface area contributed by atoms with E-state index in [0.717, 1.165) is 37.0 Å². The first-order valence-electron chi connectivity index (χ1n) is 9.31. The highest BCUT2D eigenvalue weighted by Gasteiger charge is 2.28. The molecule has 3 aromatic rings. The van der Waals surface area contributed by atoms with Crippen LogP contribution in [0.2, 0.25) is 0 Å². The molecular formula is C21H23N3O3S. The van der Waals surface area contributed by atoms with Crippen molar-refractivity contribution in [2.75, 3.05) is 20.3 Å². The number of primary amides is 1. The van der Waals surface area contributed by atoms with E-state index in [4.69, 9.17) is 20.2 Å². The van der Waals surface area contributed by atoms with E-state index in [-0.39, 0.29) is 6.61 Å². The van der Waals surface area contributed by atoms with Crippen LogP contribution in [0.25, 0.3) is 10.2 Å². The molecule has 7 heteroatoms. The van der Waals surface area contributed by atoms with Gasteiger partial charge in [-0.2, -0.15) is 0 Å². The van der Waals surface area contributed by atoms with Gasteiger partial charge in [0, 0.05) is 6.54 Å². The smallest absolute Gasteiger partial charge is 0.255 e. The number of hydrogen-bond acceptors (Lipinski definition) is 6. The van der Waals surface area contributed by atoms with Crippen LogP contribution in [0.5, 0.6) is 11.5 Å². The summed E-state index contributed by atoms with van der Waals surface area (Å²) in [5.41, 5.74) is 7.36. The summed E-state index contributed by atoms with van der Waals surface area (Å²) in [4.78, 5) is 18.3. The molecule has 1 saturated heterocycles. The molecule has 2 N–H and O–H groups in total. The summed E-state index contributed by atoms with van der Waals surface area (Å²) in [6.07, 6.45) is 2.29. The van der Waals surface area contributed by atoms with Crippen molar-refractivity contribution in [3.05, 3.63) is 53.0 Å². The number of methoxy groups -OCH3 is 1. The number of thiazole rings is 1. The minimum atomic E-state index is -0.512. The Kier molecular flexibility index (Phi) is 5.45. The summed E-state index contributed by atoms with van der Waals surface area (Å²) < 4.78 is 12.1. The summed E-state index contributed by atoms with van der Waals surface area (Å²) in [6.45, 7) is 1.69. The molecule has 0 bridgehead atoms. The Hall–Kier alpha value is -2.64. The van der Waals surface area contributed by atoms with Gasteiger partial charge >= 0.3 is 0 Å². The minimum Gasteiger partial charge on any atom is -0.493 e. The van der Waals surface area contributed by atoms with Gasteiger partial charge in [-0.3, -0.25) is 9.69 Å². The number of carbonyl (C=O) groups excluding carboxylic acids is 1. The summed E-state index contributed by atoms with van der Waals surface area (Å²) in [5.74, 6) is 0.616. The number of ether oxygens (including phenoxy) is 2. The van der Waals surface area contributed by atoms with Crippen LogP contribution in [-0.4, -0.2) is 36.1 Å². The van der Waals surface area contributed by atoms with Crippen molar-refractivity contribution in [3.8, 4) is 11.5 Å². The van der Waals surface area contributed by atoms with Gasteiger partial charge in [0.1, 0.15) is 5.01 Å². The second-order valence-corrected chi connectivity index (χ2v) is 7.95. The van der Waals surface area contributed by atoms with Crippen LogP contribution in [-0.2, 0) is 11.3 Å². The number of amides is 1. The van der Waals surface area contributed by atoms with Gasteiger partial charge in [0.2, 0.25) is 0 Å². The molecule has 0 unspecified atom stereocenters. The number of carbonyl (C=O) groups is 1. The number of para-hydroxylation sites is 1. The highest BCUT2D eigenvalue weighted by Crippen LogP contribution is 2.38. The average Bonchev–Trinajstić information content (AvgIpc) is 3.32. The minimum absolute atomic E-state index is 0.165. The molecule has 2 aromatic carbocycles. The molecular weight excluding hydrogens is 374 g/mol. The van der Waals surface area contributed by atoms with E-state index in [1.807, 2.05) is 24.3 Å². The maximum Gasteiger partial charge on any atom is 0.255 e. The fraction of sp³-hybridized carbons (Fsp3) is 0.333. The van der Waals surface area contributed by atoms with E-state index in [1.54, 1.807) is 18.4 Å². The highest BCUT2D eigenvalue weighted by atomic mass is 32.1. The molecule has 1 atom stereocenters. The van der Waals surface area contributed by atoms with E-state index in [9.17, 15) is 4.79 Å². The van der Waals surface area contributed by atoms with Crippen molar-refractivity contribution in [1.29, 1.82) is 0 Å². The molecule has 6 nitrogen and oxygen atoms in total. The molecule has 1 amide bonds. The highest BCUT2D eigenvalue weighted by molar-refractivity contribution is 7.18. The Morgan fingerprint density at radius 2 is 2.14 bits per heavy atom. The molecule has 0 saturated carbocycles.